The van der Waals surface area contributed by atoms with Crippen LogP contribution in [0.4, 0.5) is 0 Å². The monoisotopic (exact) mass is 289 g/mol. The number of primary amides is 1. The molecular formula is C17H23NO3. The molecule has 0 aliphatic carbocycles. The molecule has 4 heteroatoms. The minimum absolute atomic E-state index is 0.410. The molecule has 0 saturated carbocycles. The van der Waals surface area contributed by atoms with Gasteiger partial charge in [-0.3, -0.25) is 4.79 Å². The molecule has 1 rings (SSSR count). The number of carboxylic acid groups (broad SMARTS) is 1. The number of hydrogen-bond donors (Lipinski definition) is 2. The average Bonchev–Trinajstić information content (AvgIpc) is 2.38. The zero-order chi connectivity index (χ0) is 16.0. The Bertz CT molecular complexity index is 546. The van der Waals surface area contributed by atoms with Gasteiger partial charge in [0.15, 0.2) is 0 Å². The number of aryl methyl sites for hydroxylation is 2. The van der Waals surface area contributed by atoms with Gasteiger partial charge in [0.25, 0.3) is 0 Å². The number of aromatic carboxylic acids is 1. The Morgan fingerprint density at radius 2 is 1.62 bits per heavy atom. The second-order valence-electron chi connectivity index (χ2n) is 5.21. The number of rotatable bonds is 7. The van der Waals surface area contributed by atoms with Gasteiger partial charge in [0.05, 0.1) is 5.56 Å². The molecule has 0 aliphatic rings. The molecule has 0 spiro atoms. The van der Waals surface area contributed by atoms with Crippen molar-refractivity contribution in [1.82, 2.24) is 0 Å². The summed E-state index contributed by atoms with van der Waals surface area (Å²) in [5.74, 6) is -1.35. The first-order valence-electron chi connectivity index (χ1n) is 7.27. The smallest absolute Gasteiger partial charge is 0.336 e. The van der Waals surface area contributed by atoms with E-state index in [-0.39, 0.29) is 0 Å². The van der Waals surface area contributed by atoms with Crippen LogP contribution in [0.2, 0.25) is 0 Å². The Labute approximate surface area is 125 Å². The number of carbonyl (C=O) groups excluding carboxylic acids is 1. The Kier molecular flexibility index (Phi) is 6.15. The fourth-order valence-electron chi connectivity index (χ4n) is 2.41. The predicted octanol–water partition coefficient (Wildman–Crippen LogP) is 3.18. The molecule has 0 saturated heterocycles. The molecule has 1 aromatic carbocycles. The van der Waals surface area contributed by atoms with Crippen molar-refractivity contribution in [1.29, 1.82) is 0 Å². The van der Waals surface area contributed by atoms with E-state index in [9.17, 15) is 14.7 Å². The summed E-state index contributed by atoms with van der Waals surface area (Å²) >= 11 is 0. The van der Waals surface area contributed by atoms with Gasteiger partial charge < -0.3 is 10.8 Å². The molecule has 114 valence electrons. The summed E-state index contributed by atoms with van der Waals surface area (Å²) in [5, 5.41) is 9.47. The SMILES string of the molecule is CCCc1cc(C=C(C)C(N)=O)cc(CCC)c1C(=O)O. The summed E-state index contributed by atoms with van der Waals surface area (Å²) in [6.07, 6.45) is 4.86. The van der Waals surface area contributed by atoms with Gasteiger partial charge in [-0.25, -0.2) is 4.79 Å². The van der Waals surface area contributed by atoms with Crippen LogP contribution in [-0.2, 0) is 17.6 Å². The van der Waals surface area contributed by atoms with Crippen LogP contribution < -0.4 is 5.73 Å². The van der Waals surface area contributed by atoms with E-state index in [1.807, 2.05) is 26.0 Å². The largest absolute Gasteiger partial charge is 0.478 e. The van der Waals surface area contributed by atoms with Crippen molar-refractivity contribution < 1.29 is 14.7 Å². The third-order valence-electron chi connectivity index (χ3n) is 3.35. The highest BCUT2D eigenvalue weighted by Crippen LogP contribution is 2.23. The minimum atomic E-state index is -0.885. The number of benzene rings is 1. The molecule has 0 atom stereocenters. The Morgan fingerprint density at radius 3 is 1.95 bits per heavy atom. The highest BCUT2D eigenvalue weighted by molar-refractivity contribution is 5.96. The highest BCUT2D eigenvalue weighted by Gasteiger charge is 2.16. The lowest BCUT2D eigenvalue weighted by atomic mass is 9.92. The first kappa shape index (κ1) is 17.0. The van der Waals surface area contributed by atoms with E-state index in [0.29, 0.717) is 24.0 Å². The topological polar surface area (TPSA) is 80.4 Å². The van der Waals surface area contributed by atoms with E-state index in [4.69, 9.17) is 5.73 Å². The van der Waals surface area contributed by atoms with Crippen molar-refractivity contribution in [3.05, 3.63) is 40.0 Å². The number of amides is 1. The maximum Gasteiger partial charge on any atom is 0.336 e. The maximum atomic E-state index is 11.5. The third kappa shape index (κ3) is 4.45. The lowest BCUT2D eigenvalue weighted by molar-refractivity contribution is -0.114. The number of nitrogens with two attached hydrogens (primary N) is 1. The quantitative estimate of drug-likeness (QED) is 0.756. The van der Waals surface area contributed by atoms with Crippen LogP contribution in [-0.4, -0.2) is 17.0 Å². The second-order valence-corrected chi connectivity index (χ2v) is 5.21. The van der Waals surface area contributed by atoms with Gasteiger partial charge in [-0.15, -0.1) is 0 Å². The molecule has 4 nitrogen and oxygen atoms in total. The van der Waals surface area contributed by atoms with Crippen molar-refractivity contribution in [3.8, 4) is 0 Å². The van der Waals surface area contributed by atoms with E-state index >= 15 is 0 Å². The van der Waals surface area contributed by atoms with Gasteiger partial charge in [0.1, 0.15) is 0 Å². The molecule has 0 unspecified atom stereocenters. The molecule has 0 radical (unpaired) electrons. The summed E-state index contributed by atoms with van der Waals surface area (Å²) in [7, 11) is 0. The summed E-state index contributed by atoms with van der Waals surface area (Å²) in [6, 6.07) is 3.69. The van der Waals surface area contributed by atoms with Crippen LogP contribution in [0.25, 0.3) is 6.08 Å². The van der Waals surface area contributed by atoms with Crippen LogP contribution in [0.1, 0.15) is 60.7 Å². The molecule has 0 aromatic heterocycles. The van der Waals surface area contributed by atoms with Crippen molar-refractivity contribution in [2.45, 2.75) is 46.5 Å². The summed E-state index contributed by atoms with van der Waals surface area (Å²) < 4.78 is 0. The van der Waals surface area contributed by atoms with Gasteiger partial charge in [0, 0.05) is 5.57 Å². The van der Waals surface area contributed by atoms with Crippen LogP contribution in [0.3, 0.4) is 0 Å². The summed E-state index contributed by atoms with van der Waals surface area (Å²) in [6.45, 7) is 5.69. The normalized spacial score (nSPS) is 11.5. The lowest BCUT2D eigenvalue weighted by Crippen LogP contribution is -2.12. The van der Waals surface area contributed by atoms with E-state index in [1.54, 1.807) is 13.0 Å². The van der Waals surface area contributed by atoms with E-state index in [1.165, 1.54) is 0 Å². The second kappa shape index (κ2) is 7.62. The number of carboxylic acids is 1. The van der Waals surface area contributed by atoms with E-state index < -0.39 is 11.9 Å². The molecule has 1 amide bonds. The van der Waals surface area contributed by atoms with Crippen LogP contribution >= 0.6 is 0 Å². The van der Waals surface area contributed by atoms with Gasteiger partial charge in [-0.05, 0) is 42.5 Å². The van der Waals surface area contributed by atoms with E-state index in [2.05, 4.69) is 0 Å². The average molecular weight is 289 g/mol. The molecule has 0 fully saturated rings. The van der Waals surface area contributed by atoms with Crippen LogP contribution in [0, 0.1) is 0 Å². The first-order chi connectivity index (χ1) is 9.90. The fourth-order valence-corrected chi connectivity index (χ4v) is 2.41. The highest BCUT2D eigenvalue weighted by atomic mass is 16.4. The maximum absolute atomic E-state index is 11.5. The molecule has 0 aliphatic heterocycles. The van der Waals surface area contributed by atoms with Crippen LogP contribution in [0.15, 0.2) is 17.7 Å². The van der Waals surface area contributed by atoms with Crippen molar-refractivity contribution >= 4 is 18.0 Å². The zero-order valence-electron chi connectivity index (χ0n) is 12.9. The summed E-state index contributed by atoms with van der Waals surface area (Å²) in [4.78, 5) is 22.7. The van der Waals surface area contributed by atoms with Crippen molar-refractivity contribution in [2.75, 3.05) is 0 Å². The molecule has 21 heavy (non-hydrogen) atoms. The molecule has 3 N–H and O–H groups in total. The number of hydrogen-bond acceptors (Lipinski definition) is 2. The Balaban J connectivity index is 3.45. The van der Waals surface area contributed by atoms with Crippen LogP contribution in [0.5, 0.6) is 0 Å². The summed E-state index contributed by atoms with van der Waals surface area (Å²) in [5.41, 5.74) is 8.60. The van der Waals surface area contributed by atoms with Crippen molar-refractivity contribution in [2.24, 2.45) is 5.73 Å². The van der Waals surface area contributed by atoms with Gasteiger partial charge in [-0.1, -0.05) is 38.8 Å². The Hall–Kier alpha value is -2.10. The molecule has 0 bridgehead atoms. The predicted molar refractivity (Wildman–Crippen MR) is 84.2 cm³/mol. The standard InChI is InChI=1S/C17H23NO3/c1-4-6-13-9-12(8-11(3)16(18)19)10-14(7-5-2)15(13)17(20)21/h8-10H,4-7H2,1-3H3,(H2,18,19)(H,20,21). The molecule has 1 aromatic rings. The Morgan fingerprint density at radius 1 is 1.14 bits per heavy atom. The minimum Gasteiger partial charge on any atom is -0.478 e. The van der Waals surface area contributed by atoms with Gasteiger partial charge in [-0.2, -0.15) is 0 Å². The zero-order valence-corrected chi connectivity index (χ0v) is 12.9. The fraction of sp³-hybridized carbons (Fsp3) is 0.412. The third-order valence-corrected chi connectivity index (χ3v) is 3.35. The van der Waals surface area contributed by atoms with E-state index in [0.717, 1.165) is 29.5 Å². The van der Waals surface area contributed by atoms with Gasteiger partial charge >= 0.3 is 5.97 Å². The lowest BCUT2D eigenvalue weighted by Gasteiger charge is -2.13. The molecule has 0 heterocycles. The molecular weight excluding hydrogens is 266 g/mol. The van der Waals surface area contributed by atoms with Crippen molar-refractivity contribution in [3.63, 3.8) is 0 Å². The number of carbonyl (C=O) groups is 2. The first-order valence-corrected chi connectivity index (χ1v) is 7.27. The van der Waals surface area contributed by atoms with Gasteiger partial charge in [0.2, 0.25) is 5.91 Å².